The number of urea groups is 1. The van der Waals surface area contributed by atoms with E-state index in [1.807, 2.05) is 31.2 Å². The van der Waals surface area contributed by atoms with Crippen LogP contribution in [0.1, 0.15) is 24.2 Å². The Bertz CT molecular complexity index is 693. The van der Waals surface area contributed by atoms with Crippen LogP contribution in [0.4, 0.5) is 4.79 Å². The normalized spacial score (nSPS) is 16.8. The first kappa shape index (κ1) is 17.4. The summed E-state index contributed by atoms with van der Waals surface area (Å²) in [5.41, 5.74) is 2.08. The van der Waals surface area contributed by atoms with Crippen molar-refractivity contribution in [3.8, 4) is 11.5 Å². The second-order valence-corrected chi connectivity index (χ2v) is 6.37. The van der Waals surface area contributed by atoms with Crippen LogP contribution in [-0.4, -0.2) is 53.9 Å². The van der Waals surface area contributed by atoms with E-state index in [0.29, 0.717) is 31.2 Å². The number of hydrogen-bond donors (Lipinski definition) is 1. The number of hydrogen-bond acceptors (Lipinski definition) is 5. The van der Waals surface area contributed by atoms with Crippen molar-refractivity contribution in [1.82, 2.24) is 20.4 Å². The Hall–Kier alpha value is -2.41. The number of nitrogens with one attached hydrogen (secondary N) is 1. The van der Waals surface area contributed by atoms with Gasteiger partial charge in [0.15, 0.2) is 5.82 Å². The quantitative estimate of drug-likeness (QED) is 0.870. The molecule has 1 atom stereocenters. The molecule has 1 fully saturated rings. The minimum absolute atomic E-state index is 0.113. The molecule has 1 saturated heterocycles. The van der Waals surface area contributed by atoms with Gasteiger partial charge in [-0.15, -0.1) is 0 Å². The number of likely N-dealkylation sites (N-methyl/N-ethyl adjacent to an activating group) is 1. The van der Waals surface area contributed by atoms with E-state index < -0.39 is 0 Å². The molecular formula is C18H24N4O3. The van der Waals surface area contributed by atoms with E-state index in [2.05, 4.69) is 15.5 Å². The van der Waals surface area contributed by atoms with E-state index in [9.17, 15) is 4.79 Å². The van der Waals surface area contributed by atoms with Gasteiger partial charge in [-0.05, 0) is 31.9 Å². The molecule has 0 bridgehead atoms. The predicted octanol–water partition coefficient (Wildman–Crippen LogP) is 2.41. The largest absolute Gasteiger partial charge is 0.376 e. The van der Waals surface area contributed by atoms with Crippen LogP contribution in [-0.2, 0) is 11.2 Å². The van der Waals surface area contributed by atoms with Crippen molar-refractivity contribution >= 4 is 6.03 Å². The fourth-order valence-electron chi connectivity index (χ4n) is 2.68. The highest BCUT2D eigenvalue weighted by atomic mass is 16.5. The highest BCUT2D eigenvalue weighted by Crippen LogP contribution is 2.17. The maximum Gasteiger partial charge on any atom is 0.317 e. The SMILES string of the molecule is Cc1ccc(-c2nc(CCN(C)C(=O)NC[C@H]3CCCO3)no2)cc1. The standard InChI is InChI=1S/C18H24N4O3/c1-13-5-7-14(8-6-13)17-20-16(21-25-17)9-10-22(2)18(23)19-12-15-4-3-11-24-15/h5-8,15H,3-4,9-12H2,1-2H3,(H,19,23)/t15-/m1/s1. The molecule has 0 unspecified atom stereocenters. The Kier molecular flexibility index (Phi) is 5.65. The Morgan fingerprint density at radius 1 is 1.36 bits per heavy atom. The number of ether oxygens (including phenoxy) is 1. The molecule has 1 N–H and O–H groups in total. The van der Waals surface area contributed by atoms with Crippen molar-refractivity contribution in [1.29, 1.82) is 0 Å². The number of aryl methyl sites for hydroxylation is 1. The second kappa shape index (κ2) is 8.11. The molecule has 3 rings (SSSR count). The van der Waals surface area contributed by atoms with Gasteiger partial charge in [0.25, 0.3) is 5.89 Å². The smallest absolute Gasteiger partial charge is 0.317 e. The summed E-state index contributed by atoms with van der Waals surface area (Å²) in [5, 5.41) is 6.89. The van der Waals surface area contributed by atoms with Crippen molar-refractivity contribution in [3.63, 3.8) is 0 Å². The lowest BCUT2D eigenvalue weighted by molar-refractivity contribution is 0.109. The van der Waals surface area contributed by atoms with E-state index in [-0.39, 0.29) is 12.1 Å². The summed E-state index contributed by atoms with van der Waals surface area (Å²) in [6, 6.07) is 7.81. The molecule has 0 aliphatic carbocycles. The molecule has 134 valence electrons. The van der Waals surface area contributed by atoms with Crippen LogP contribution in [0.2, 0.25) is 0 Å². The third-order valence-corrected chi connectivity index (χ3v) is 4.29. The summed E-state index contributed by atoms with van der Waals surface area (Å²) in [4.78, 5) is 18.1. The number of amides is 2. The first-order valence-electron chi connectivity index (χ1n) is 8.62. The van der Waals surface area contributed by atoms with Crippen LogP contribution in [0, 0.1) is 6.92 Å². The lowest BCUT2D eigenvalue weighted by Crippen LogP contribution is -2.41. The van der Waals surface area contributed by atoms with Gasteiger partial charge in [-0.25, -0.2) is 4.79 Å². The van der Waals surface area contributed by atoms with Crippen LogP contribution in [0.3, 0.4) is 0 Å². The average Bonchev–Trinajstić information content (AvgIpc) is 3.30. The minimum atomic E-state index is -0.113. The Morgan fingerprint density at radius 3 is 2.88 bits per heavy atom. The zero-order chi connectivity index (χ0) is 17.6. The molecule has 25 heavy (non-hydrogen) atoms. The predicted molar refractivity (Wildman–Crippen MR) is 93.2 cm³/mol. The van der Waals surface area contributed by atoms with Gasteiger partial charge in [-0.3, -0.25) is 0 Å². The monoisotopic (exact) mass is 344 g/mol. The lowest BCUT2D eigenvalue weighted by atomic mass is 10.1. The summed E-state index contributed by atoms with van der Waals surface area (Å²) in [6.07, 6.45) is 2.76. The van der Waals surface area contributed by atoms with Crippen LogP contribution in [0.5, 0.6) is 0 Å². The molecule has 0 spiro atoms. The molecule has 2 amide bonds. The van der Waals surface area contributed by atoms with Crippen LogP contribution in [0.25, 0.3) is 11.5 Å². The molecule has 2 heterocycles. The maximum absolute atomic E-state index is 12.1. The second-order valence-electron chi connectivity index (χ2n) is 6.37. The molecular weight excluding hydrogens is 320 g/mol. The van der Waals surface area contributed by atoms with Crippen LogP contribution in [0.15, 0.2) is 28.8 Å². The zero-order valence-corrected chi connectivity index (χ0v) is 14.7. The van der Waals surface area contributed by atoms with E-state index in [1.54, 1.807) is 11.9 Å². The number of carbonyl (C=O) groups excluding carboxylic acids is 1. The van der Waals surface area contributed by atoms with Gasteiger partial charge >= 0.3 is 6.03 Å². The molecule has 1 aromatic heterocycles. The highest BCUT2D eigenvalue weighted by Gasteiger charge is 2.18. The molecule has 2 aromatic rings. The summed E-state index contributed by atoms with van der Waals surface area (Å²) < 4.78 is 10.8. The number of rotatable bonds is 6. The van der Waals surface area contributed by atoms with Crippen molar-refractivity contribution < 1.29 is 14.1 Å². The number of benzene rings is 1. The van der Waals surface area contributed by atoms with E-state index in [0.717, 1.165) is 25.0 Å². The highest BCUT2D eigenvalue weighted by molar-refractivity contribution is 5.73. The molecule has 1 aliphatic rings. The Balaban J connectivity index is 1.46. The third kappa shape index (κ3) is 4.79. The molecule has 1 aliphatic heterocycles. The summed E-state index contributed by atoms with van der Waals surface area (Å²) in [7, 11) is 1.76. The van der Waals surface area contributed by atoms with Gasteiger partial charge in [0.1, 0.15) is 0 Å². The van der Waals surface area contributed by atoms with E-state index in [4.69, 9.17) is 9.26 Å². The maximum atomic E-state index is 12.1. The minimum Gasteiger partial charge on any atom is -0.376 e. The van der Waals surface area contributed by atoms with Gasteiger partial charge in [-0.2, -0.15) is 4.98 Å². The molecule has 7 heteroatoms. The molecule has 1 aromatic carbocycles. The summed E-state index contributed by atoms with van der Waals surface area (Å²) in [5.74, 6) is 1.09. The first-order valence-corrected chi connectivity index (χ1v) is 8.62. The van der Waals surface area contributed by atoms with Gasteiger partial charge in [0, 0.05) is 38.7 Å². The lowest BCUT2D eigenvalue weighted by Gasteiger charge is -2.18. The third-order valence-electron chi connectivity index (χ3n) is 4.29. The van der Waals surface area contributed by atoms with Crippen molar-refractivity contribution in [3.05, 3.63) is 35.7 Å². The Labute approximate surface area is 147 Å². The van der Waals surface area contributed by atoms with Gasteiger partial charge < -0.3 is 19.5 Å². The van der Waals surface area contributed by atoms with E-state index >= 15 is 0 Å². The number of carbonyl (C=O) groups is 1. The van der Waals surface area contributed by atoms with Crippen molar-refractivity contribution in [2.45, 2.75) is 32.3 Å². The van der Waals surface area contributed by atoms with Gasteiger partial charge in [0.05, 0.1) is 6.10 Å². The summed E-state index contributed by atoms with van der Waals surface area (Å²) >= 11 is 0. The molecule has 0 radical (unpaired) electrons. The number of aromatic nitrogens is 2. The van der Waals surface area contributed by atoms with Crippen molar-refractivity contribution in [2.24, 2.45) is 0 Å². The average molecular weight is 344 g/mol. The van der Waals surface area contributed by atoms with E-state index in [1.165, 1.54) is 5.56 Å². The molecule has 0 saturated carbocycles. The fourth-order valence-corrected chi connectivity index (χ4v) is 2.68. The fraction of sp³-hybridized carbons (Fsp3) is 0.500. The Morgan fingerprint density at radius 2 is 2.16 bits per heavy atom. The van der Waals surface area contributed by atoms with Gasteiger partial charge in [0.2, 0.25) is 0 Å². The van der Waals surface area contributed by atoms with Gasteiger partial charge in [-0.1, -0.05) is 22.9 Å². The first-order chi connectivity index (χ1) is 12.1. The summed E-state index contributed by atoms with van der Waals surface area (Å²) in [6.45, 7) is 3.90. The topological polar surface area (TPSA) is 80.5 Å². The van der Waals surface area contributed by atoms with Crippen molar-refractivity contribution in [2.75, 3.05) is 26.7 Å². The number of nitrogens with zero attached hydrogens (tertiary/aromatic N) is 3. The van der Waals surface area contributed by atoms with Crippen LogP contribution < -0.4 is 5.32 Å². The zero-order valence-electron chi connectivity index (χ0n) is 14.7. The van der Waals surface area contributed by atoms with Crippen LogP contribution >= 0.6 is 0 Å². The molecule has 7 nitrogen and oxygen atoms in total.